The van der Waals surface area contributed by atoms with Crippen LogP contribution in [0.25, 0.3) is 11.3 Å². The number of alkyl halides is 1. The highest BCUT2D eigenvalue weighted by atomic mass is 35.5. The number of H-pyrrole nitrogens is 1. The number of aromatic nitrogens is 2. The van der Waals surface area contributed by atoms with E-state index in [1.807, 2.05) is 0 Å². The summed E-state index contributed by atoms with van der Waals surface area (Å²) in [6.45, 7) is 1.71. The third-order valence-corrected chi connectivity index (χ3v) is 3.07. The Morgan fingerprint density at radius 2 is 2.05 bits per heavy atom. The number of carbonyl (C=O) groups is 1. The summed E-state index contributed by atoms with van der Waals surface area (Å²) in [7, 11) is 0. The van der Waals surface area contributed by atoms with Crippen molar-refractivity contribution in [2.24, 2.45) is 0 Å². The van der Waals surface area contributed by atoms with Gasteiger partial charge in [0.2, 0.25) is 0 Å². The van der Waals surface area contributed by atoms with Gasteiger partial charge in [-0.05, 0) is 25.1 Å². The quantitative estimate of drug-likeness (QED) is 0.850. The molecule has 1 aromatic heterocycles. The second-order valence-electron chi connectivity index (χ2n) is 4.38. The number of hydrogen-bond acceptors (Lipinski definition) is 4. The molecule has 2 N–H and O–H groups in total. The molecule has 1 amide bonds. The van der Waals surface area contributed by atoms with E-state index >= 15 is 0 Å². The van der Waals surface area contributed by atoms with Gasteiger partial charge in [0, 0.05) is 17.3 Å². The molecule has 2 rings (SSSR count). The molecule has 1 aromatic carbocycles. The lowest BCUT2D eigenvalue weighted by Crippen LogP contribution is -2.21. The molecule has 0 bridgehead atoms. The molecule has 1 atom stereocenters. The summed E-state index contributed by atoms with van der Waals surface area (Å²) < 4.78 is 5.00. The Balaban J connectivity index is 2.03. The largest absolute Gasteiger partial charge is 0.445 e. The van der Waals surface area contributed by atoms with Crippen molar-refractivity contribution >= 4 is 23.4 Å². The molecule has 0 spiro atoms. The molecular formula is C14H14ClN3O3. The van der Waals surface area contributed by atoms with Crippen LogP contribution in [0.15, 0.2) is 41.2 Å². The van der Waals surface area contributed by atoms with Gasteiger partial charge in [-0.3, -0.25) is 10.1 Å². The van der Waals surface area contributed by atoms with E-state index < -0.39 is 6.09 Å². The topological polar surface area (TPSA) is 84.1 Å². The maximum atomic E-state index is 11.5. The molecule has 0 aliphatic rings. The highest BCUT2D eigenvalue weighted by Crippen LogP contribution is 2.18. The van der Waals surface area contributed by atoms with E-state index in [1.54, 1.807) is 37.3 Å². The minimum absolute atomic E-state index is 0.240. The SMILES string of the molecule is CC(CCl)OC(=O)Nc1ccc(-c2ccc(=O)[nH]n2)cc1. The summed E-state index contributed by atoms with van der Waals surface area (Å²) in [5, 5.41) is 8.89. The van der Waals surface area contributed by atoms with Gasteiger partial charge in [0.15, 0.2) is 0 Å². The van der Waals surface area contributed by atoms with Crippen LogP contribution < -0.4 is 10.9 Å². The van der Waals surface area contributed by atoms with Crippen LogP contribution in [0.2, 0.25) is 0 Å². The third-order valence-electron chi connectivity index (χ3n) is 2.63. The minimum atomic E-state index is -0.557. The van der Waals surface area contributed by atoms with Crippen molar-refractivity contribution in [1.29, 1.82) is 0 Å². The average Bonchev–Trinajstić information content (AvgIpc) is 2.48. The van der Waals surface area contributed by atoms with E-state index in [4.69, 9.17) is 16.3 Å². The summed E-state index contributed by atoms with van der Waals surface area (Å²) in [6.07, 6.45) is -0.908. The fraction of sp³-hybridized carbons (Fsp3) is 0.214. The number of hydrogen-bond donors (Lipinski definition) is 2. The van der Waals surface area contributed by atoms with E-state index in [2.05, 4.69) is 15.5 Å². The van der Waals surface area contributed by atoms with Crippen LogP contribution >= 0.6 is 11.6 Å². The average molecular weight is 308 g/mol. The second kappa shape index (κ2) is 6.90. The molecule has 2 aromatic rings. The van der Waals surface area contributed by atoms with Gasteiger partial charge in [-0.25, -0.2) is 9.89 Å². The fourth-order valence-corrected chi connectivity index (χ4v) is 1.65. The van der Waals surface area contributed by atoms with Gasteiger partial charge < -0.3 is 4.74 Å². The smallest absolute Gasteiger partial charge is 0.411 e. The summed E-state index contributed by atoms with van der Waals surface area (Å²) >= 11 is 5.56. The number of halogens is 1. The van der Waals surface area contributed by atoms with Gasteiger partial charge in [-0.15, -0.1) is 11.6 Å². The first-order chi connectivity index (χ1) is 10.1. The molecule has 21 heavy (non-hydrogen) atoms. The van der Waals surface area contributed by atoms with Gasteiger partial charge in [-0.2, -0.15) is 5.10 Å². The number of amides is 1. The van der Waals surface area contributed by atoms with E-state index in [1.165, 1.54) is 6.07 Å². The lowest BCUT2D eigenvalue weighted by Gasteiger charge is -2.11. The predicted octanol–water partition coefficient (Wildman–Crippen LogP) is 2.61. The molecule has 0 aliphatic heterocycles. The monoisotopic (exact) mass is 307 g/mol. The van der Waals surface area contributed by atoms with Crippen LogP contribution in [0, 0.1) is 0 Å². The van der Waals surface area contributed by atoms with Crippen molar-refractivity contribution in [2.45, 2.75) is 13.0 Å². The number of ether oxygens (including phenoxy) is 1. The Labute approximate surface area is 126 Å². The highest BCUT2D eigenvalue weighted by molar-refractivity contribution is 6.18. The maximum Gasteiger partial charge on any atom is 0.411 e. The van der Waals surface area contributed by atoms with Crippen LogP contribution in [0.5, 0.6) is 0 Å². The summed E-state index contributed by atoms with van der Waals surface area (Å²) in [5.41, 5.74) is 1.79. The maximum absolute atomic E-state index is 11.5. The van der Waals surface area contributed by atoms with E-state index in [0.29, 0.717) is 11.4 Å². The molecular weight excluding hydrogens is 294 g/mol. The molecule has 1 heterocycles. The Kier molecular flexibility index (Phi) is 4.94. The minimum Gasteiger partial charge on any atom is -0.445 e. The van der Waals surface area contributed by atoms with Crippen molar-refractivity contribution in [1.82, 2.24) is 10.2 Å². The van der Waals surface area contributed by atoms with Gasteiger partial charge in [0.1, 0.15) is 6.10 Å². The number of aromatic amines is 1. The molecule has 0 fully saturated rings. The molecule has 0 saturated heterocycles. The van der Waals surface area contributed by atoms with Crippen molar-refractivity contribution in [3.63, 3.8) is 0 Å². The van der Waals surface area contributed by atoms with Gasteiger partial charge in [0.25, 0.3) is 5.56 Å². The van der Waals surface area contributed by atoms with Gasteiger partial charge in [0.05, 0.1) is 11.6 Å². The predicted molar refractivity (Wildman–Crippen MR) is 80.6 cm³/mol. The lowest BCUT2D eigenvalue weighted by atomic mass is 10.1. The third kappa shape index (κ3) is 4.32. The van der Waals surface area contributed by atoms with Crippen LogP contribution in [-0.4, -0.2) is 28.3 Å². The van der Waals surface area contributed by atoms with E-state index in [-0.39, 0.29) is 17.5 Å². The first-order valence-corrected chi connectivity index (χ1v) is 6.81. The van der Waals surface area contributed by atoms with Crippen molar-refractivity contribution in [2.75, 3.05) is 11.2 Å². The van der Waals surface area contributed by atoms with E-state index in [0.717, 1.165) is 5.56 Å². The highest BCUT2D eigenvalue weighted by Gasteiger charge is 2.08. The normalized spacial score (nSPS) is 11.7. The van der Waals surface area contributed by atoms with E-state index in [9.17, 15) is 9.59 Å². The van der Waals surface area contributed by atoms with Gasteiger partial charge >= 0.3 is 6.09 Å². The first-order valence-electron chi connectivity index (χ1n) is 6.28. The number of rotatable bonds is 4. The van der Waals surface area contributed by atoms with Crippen molar-refractivity contribution in [3.8, 4) is 11.3 Å². The molecule has 110 valence electrons. The zero-order valence-corrected chi connectivity index (χ0v) is 12.1. The number of carbonyl (C=O) groups excluding carboxylic acids is 1. The first kappa shape index (κ1) is 15.1. The molecule has 0 radical (unpaired) electrons. The Bertz CT molecular complexity index is 649. The van der Waals surface area contributed by atoms with Crippen LogP contribution in [0.1, 0.15) is 6.92 Å². The number of nitrogens with one attached hydrogen (secondary N) is 2. The van der Waals surface area contributed by atoms with Crippen LogP contribution in [0.4, 0.5) is 10.5 Å². The number of anilines is 1. The summed E-state index contributed by atoms with van der Waals surface area (Å²) in [6, 6.07) is 10.0. The Hall–Kier alpha value is -2.34. The Morgan fingerprint density at radius 1 is 1.33 bits per heavy atom. The fourth-order valence-electron chi connectivity index (χ4n) is 1.59. The van der Waals surface area contributed by atoms with Crippen molar-refractivity contribution < 1.29 is 9.53 Å². The summed E-state index contributed by atoms with van der Waals surface area (Å²) in [5.74, 6) is 0.240. The number of nitrogens with zero attached hydrogens (tertiary/aromatic N) is 1. The Morgan fingerprint density at radius 3 is 2.62 bits per heavy atom. The van der Waals surface area contributed by atoms with Crippen LogP contribution in [0.3, 0.4) is 0 Å². The molecule has 6 nitrogen and oxygen atoms in total. The lowest BCUT2D eigenvalue weighted by molar-refractivity contribution is 0.131. The van der Waals surface area contributed by atoms with Crippen LogP contribution in [-0.2, 0) is 4.74 Å². The second-order valence-corrected chi connectivity index (χ2v) is 4.69. The zero-order chi connectivity index (χ0) is 15.2. The number of benzene rings is 1. The molecule has 0 saturated carbocycles. The molecule has 1 unspecified atom stereocenters. The van der Waals surface area contributed by atoms with Gasteiger partial charge in [-0.1, -0.05) is 12.1 Å². The molecule has 0 aliphatic carbocycles. The summed E-state index contributed by atoms with van der Waals surface area (Å²) in [4.78, 5) is 22.5. The zero-order valence-electron chi connectivity index (χ0n) is 11.3. The molecule has 7 heteroatoms. The van der Waals surface area contributed by atoms with Crippen molar-refractivity contribution in [3.05, 3.63) is 46.8 Å². The standard InChI is InChI=1S/C14H14ClN3O3/c1-9(8-15)21-14(20)16-11-4-2-10(3-5-11)12-6-7-13(19)18-17-12/h2-7,9H,8H2,1H3,(H,16,20)(H,18,19).